The first-order chi connectivity index (χ1) is 17.8. The number of alkyl halides is 3. The molecule has 0 saturated heterocycles. The molecule has 1 saturated carbocycles. The number of rotatable bonds is 11. The van der Waals surface area contributed by atoms with Gasteiger partial charge in [-0.3, -0.25) is 14.2 Å². The number of aliphatic carboxylic acids is 1. The van der Waals surface area contributed by atoms with Gasteiger partial charge in [0.25, 0.3) is 5.56 Å². The largest absolute Gasteiger partial charge is 0.478 e. The van der Waals surface area contributed by atoms with Crippen LogP contribution in [0.5, 0.6) is 5.75 Å². The van der Waals surface area contributed by atoms with E-state index in [0.717, 1.165) is 40.5 Å². The number of aromatic nitrogens is 3. The summed E-state index contributed by atoms with van der Waals surface area (Å²) in [5.74, 6) is -3.02. The molecule has 0 unspecified atom stereocenters. The quantitative estimate of drug-likeness (QED) is 0.448. The number of aryl methyl sites for hydroxylation is 2. The van der Waals surface area contributed by atoms with Crippen LogP contribution >= 0.6 is 0 Å². The second kappa shape index (κ2) is 11.8. The van der Waals surface area contributed by atoms with Crippen molar-refractivity contribution in [2.75, 3.05) is 6.54 Å². The summed E-state index contributed by atoms with van der Waals surface area (Å²) in [5.41, 5.74) is -1.80. The average molecular weight is 541 g/mol. The van der Waals surface area contributed by atoms with E-state index in [0.29, 0.717) is 18.6 Å². The molecular weight excluding hydrogens is 509 g/mol. The van der Waals surface area contributed by atoms with Crippen LogP contribution in [0, 0.1) is 0 Å². The van der Waals surface area contributed by atoms with E-state index in [1.54, 1.807) is 23.5 Å². The zero-order valence-electron chi connectivity index (χ0n) is 21.2. The molecule has 1 aliphatic carbocycles. The Hall–Kier alpha value is -3.64. The molecule has 13 heteroatoms. The third-order valence-electron chi connectivity index (χ3n) is 6.39. The molecule has 0 radical (unpaired) electrons. The molecule has 1 heterocycles. The van der Waals surface area contributed by atoms with Crippen molar-refractivity contribution in [3.05, 3.63) is 56.4 Å². The van der Waals surface area contributed by atoms with Crippen LogP contribution in [-0.4, -0.2) is 49.7 Å². The molecule has 208 valence electrons. The lowest BCUT2D eigenvalue weighted by molar-refractivity contribution is -0.173. The van der Waals surface area contributed by atoms with Gasteiger partial charge in [-0.25, -0.2) is 14.3 Å². The van der Waals surface area contributed by atoms with Crippen LogP contribution < -0.4 is 21.3 Å². The van der Waals surface area contributed by atoms with Crippen LogP contribution in [0.1, 0.15) is 63.1 Å². The Kier molecular flexibility index (Phi) is 9.00. The number of halogens is 3. The normalized spacial score (nSPS) is 14.4. The molecule has 10 nitrogen and oxygen atoms in total. The molecule has 1 amide bonds. The second-order valence-corrected chi connectivity index (χ2v) is 9.75. The highest BCUT2D eigenvalue weighted by Gasteiger charge is 2.38. The maximum absolute atomic E-state index is 13.0. The van der Waals surface area contributed by atoms with Gasteiger partial charge in [-0.05, 0) is 57.2 Å². The smallest absolute Gasteiger partial charge is 0.471 e. The maximum Gasteiger partial charge on any atom is 0.471 e. The fraction of sp³-hybridized carbons (Fsp3) is 0.560. The summed E-state index contributed by atoms with van der Waals surface area (Å²) in [5, 5.41) is 15.3. The van der Waals surface area contributed by atoms with Crippen LogP contribution in [0.4, 0.5) is 13.2 Å². The van der Waals surface area contributed by atoms with Crippen molar-refractivity contribution in [1.29, 1.82) is 0 Å². The summed E-state index contributed by atoms with van der Waals surface area (Å²) >= 11 is 0. The zero-order chi connectivity index (χ0) is 28.1. The van der Waals surface area contributed by atoms with Crippen LogP contribution in [0.2, 0.25) is 0 Å². The fourth-order valence-corrected chi connectivity index (χ4v) is 4.30. The minimum absolute atomic E-state index is 0.138. The van der Waals surface area contributed by atoms with E-state index in [9.17, 15) is 37.5 Å². The molecule has 0 aliphatic heterocycles. The van der Waals surface area contributed by atoms with Crippen LogP contribution in [0.3, 0.4) is 0 Å². The highest BCUT2D eigenvalue weighted by molar-refractivity contribution is 5.81. The first-order valence-electron chi connectivity index (χ1n) is 12.4. The first-order valence-corrected chi connectivity index (χ1v) is 12.4. The molecule has 3 rings (SSSR count). The summed E-state index contributed by atoms with van der Waals surface area (Å²) in [6.45, 7) is 2.05. The van der Waals surface area contributed by atoms with Crippen molar-refractivity contribution in [2.45, 2.75) is 83.2 Å². The molecule has 0 atom stereocenters. The van der Waals surface area contributed by atoms with E-state index >= 15 is 0 Å². The standard InChI is InChI=1S/C25H31F3N4O6/c1-24(2,22(35)36)38-18-11-5-7-16(15-18)8-6-13-32-23(37)31(14-12-29-21(34)25(26,27)28)20(33)19(30-32)17-9-3-4-10-17/h5,7,11,15,17H,3-4,6,8-10,12-14H2,1-2H3,(H,29,34)(H,35,36). The topological polar surface area (TPSA) is 133 Å². The van der Waals surface area contributed by atoms with Gasteiger partial charge in [-0.2, -0.15) is 18.3 Å². The molecule has 0 bridgehead atoms. The van der Waals surface area contributed by atoms with Gasteiger partial charge in [-0.1, -0.05) is 25.0 Å². The number of carbonyl (C=O) groups is 2. The van der Waals surface area contributed by atoms with E-state index < -0.39 is 48.0 Å². The molecule has 38 heavy (non-hydrogen) atoms. The number of carbonyl (C=O) groups excluding carboxylic acids is 1. The van der Waals surface area contributed by atoms with Gasteiger partial charge < -0.3 is 15.2 Å². The summed E-state index contributed by atoms with van der Waals surface area (Å²) in [4.78, 5) is 48.4. The molecule has 1 aromatic heterocycles. The summed E-state index contributed by atoms with van der Waals surface area (Å²) in [6, 6.07) is 6.89. The van der Waals surface area contributed by atoms with Crippen molar-refractivity contribution in [1.82, 2.24) is 19.7 Å². The van der Waals surface area contributed by atoms with Gasteiger partial charge in [0.2, 0.25) is 0 Å². The molecule has 1 fully saturated rings. The highest BCUT2D eigenvalue weighted by Crippen LogP contribution is 2.31. The molecule has 0 spiro atoms. The number of hydrogen-bond acceptors (Lipinski definition) is 6. The van der Waals surface area contributed by atoms with Gasteiger partial charge in [0, 0.05) is 25.6 Å². The Morgan fingerprint density at radius 2 is 1.84 bits per heavy atom. The number of carboxylic acids is 1. The summed E-state index contributed by atoms with van der Waals surface area (Å²) in [7, 11) is 0. The monoisotopic (exact) mass is 540 g/mol. The Balaban J connectivity index is 1.76. The highest BCUT2D eigenvalue weighted by atomic mass is 19.4. The number of nitrogens with one attached hydrogen (secondary N) is 1. The Bertz CT molecular complexity index is 1280. The lowest BCUT2D eigenvalue weighted by Gasteiger charge is -2.21. The van der Waals surface area contributed by atoms with Crippen LogP contribution in [-0.2, 0) is 29.1 Å². The number of hydrogen-bond donors (Lipinski definition) is 2. The number of nitrogens with zero attached hydrogens (tertiary/aromatic N) is 3. The zero-order valence-corrected chi connectivity index (χ0v) is 21.2. The number of amides is 1. The van der Waals surface area contributed by atoms with Crippen molar-refractivity contribution in [3.63, 3.8) is 0 Å². The van der Waals surface area contributed by atoms with Crippen LogP contribution in [0.15, 0.2) is 33.9 Å². The van der Waals surface area contributed by atoms with Gasteiger partial charge in [-0.15, -0.1) is 0 Å². The third-order valence-corrected chi connectivity index (χ3v) is 6.39. The fourth-order valence-electron chi connectivity index (χ4n) is 4.30. The van der Waals surface area contributed by atoms with Gasteiger partial charge >= 0.3 is 23.7 Å². The number of carboxylic acid groups (broad SMARTS) is 1. The van der Waals surface area contributed by atoms with Crippen molar-refractivity contribution in [3.8, 4) is 5.75 Å². The first kappa shape index (κ1) is 28.9. The molecule has 2 aromatic rings. The molecule has 2 N–H and O–H groups in total. The van der Waals surface area contributed by atoms with Gasteiger partial charge in [0.1, 0.15) is 11.4 Å². The average Bonchev–Trinajstić information content (AvgIpc) is 3.36. The molecule has 1 aromatic carbocycles. The van der Waals surface area contributed by atoms with E-state index in [2.05, 4.69) is 5.10 Å². The van der Waals surface area contributed by atoms with Crippen molar-refractivity contribution >= 4 is 11.9 Å². The van der Waals surface area contributed by atoms with Crippen molar-refractivity contribution < 1.29 is 32.6 Å². The molecule has 1 aliphatic rings. The minimum atomic E-state index is -5.07. The van der Waals surface area contributed by atoms with E-state index in [1.165, 1.54) is 13.8 Å². The van der Waals surface area contributed by atoms with E-state index in [4.69, 9.17) is 4.74 Å². The Morgan fingerprint density at radius 3 is 2.47 bits per heavy atom. The van der Waals surface area contributed by atoms with Crippen LogP contribution in [0.25, 0.3) is 0 Å². The molecular formula is C25H31F3N4O6. The maximum atomic E-state index is 13.0. The lowest BCUT2D eigenvalue weighted by atomic mass is 10.0. The van der Waals surface area contributed by atoms with Gasteiger partial charge in [0.15, 0.2) is 5.60 Å². The Morgan fingerprint density at radius 1 is 1.16 bits per heavy atom. The second-order valence-electron chi connectivity index (χ2n) is 9.75. The minimum Gasteiger partial charge on any atom is -0.478 e. The Labute approximate surface area is 216 Å². The predicted octanol–water partition coefficient (Wildman–Crippen LogP) is 2.62. The number of ether oxygens (including phenoxy) is 1. The summed E-state index contributed by atoms with van der Waals surface area (Å²) in [6.07, 6.45) is -0.878. The SMILES string of the molecule is CC(C)(Oc1cccc(CCCn2nc(C3CCCC3)c(=O)n(CCNC(=O)C(F)(F)F)c2=O)c1)C(=O)O. The van der Waals surface area contributed by atoms with E-state index in [1.807, 2.05) is 6.07 Å². The lowest BCUT2D eigenvalue weighted by Crippen LogP contribution is -2.47. The third kappa shape index (κ3) is 7.23. The summed E-state index contributed by atoms with van der Waals surface area (Å²) < 4.78 is 45.0. The number of benzene rings is 1. The van der Waals surface area contributed by atoms with Gasteiger partial charge in [0.05, 0.1) is 0 Å². The van der Waals surface area contributed by atoms with E-state index in [-0.39, 0.29) is 18.2 Å². The van der Waals surface area contributed by atoms with Crippen molar-refractivity contribution in [2.24, 2.45) is 0 Å². The predicted molar refractivity (Wildman–Crippen MR) is 130 cm³/mol.